The summed E-state index contributed by atoms with van der Waals surface area (Å²) in [6.07, 6.45) is 5.39. The van der Waals surface area contributed by atoms with Crippen LogP contribution >= 0.6 is 0 Å². The maximum atomic E-state index is 12.9. The molecule has 0 spiro atoms. The Kier molecular flexibility index (Phi) is 9.78. The van der Waals surface area contributed by atoms with Gasteiger partial charge < -0.3 is 20.5 Å². The Labute approximate surface area is 232 Å². The number of nitrogens with zero attached hydrogens (tertiary/aromatic N) is 6. The minimum Gasteiger partial charge on any atom is -0.696 e. The quantitative estimate of drug-likeness (QED) is 0.488. The Hall–Kier alpha value is -1.47. The van der Waals surface area contributed by atoms with Crippen molar-refractivity contribution in [3.05, 3.63) is 46.3 Å². The molecule has 0 bridgehead atoms. The van der Waals surface area contributed by atoms with Crippen LogP contribution in [0.1, 0.15) is 87.7 Å². The predicted molar refractivity (Wildman–Crippen MR) is 128 cm³/mol. The van der Waals surface area contributed by atoms with Gasteiger partial charge >= 0.3 is 0 Å². The van der Waals surface area contributed by atoms with Gasteiger partial charge in [0.15, 0.2) is 5.82 Å². The summed E-state index contributed by atoms with van der Waals surface area (Å²) in [4.78, 5) is 11.1. The molecule has 8 nitrogen and oxygen atoms in total. The average Bonchev–Trinajstić information content (AvgIpc) is 3.36. The first-order valence-corrected chi connectivity index (χ1v) is 12.3. The summed E-state index contributed by atoms with van der Waals surface area (Å²) in [5.41, 5.74) is 9.54. The molecule has 35 heavy (non-hydrogen) atoms. The van der Waals surface area contributed by atoms with Gasteiger partial charge in [-0.1, -0.05) is 24.9 Å². The monoisotopic (exact) mass is 556 g/mol. The second-order valence-electron chi connectivity index (χ2n) is 10.2. The van der Waals surface area contributed by atoms with Gasteiger partial charge in [-0.15, -0.1) is 18.8 Å². The van der Waals surface area contributed by atoms with Crippen molar-refractivity contribution in [3.63, 3.8) is 0 Å². The fraction of sp³-hybridized carbons (Fsp3) is 0.680. The maximum Gasteiger partial charge on any atom is 0.232 e. The second kappa shape index (κ2) is 12.2. The van der Waals surface area contributed by atoms with Gasteiger partial charge in [-0.3, -0.25) is 4.98 Å². The molecule has 2 saturated heterocycles. The van der Waals surface area contributed by atoms with E-state index in [1.54, 1.807) is 12.3 Å². The van der Waals surface area contributed by atoms with Crippen LogP contribution in [-0.2, 0) is 38.1 Å². The number of pyridine rings is 1. The van der Waals surface area contributed by atoms with Crippen LogP contribution in [0, 0.1) is 11.3 Å². The molecule has 1 aliphatic carbocycles. The van der Waals surface area contributed by atoms with E-state index in [4.69, 9.17) is 15.5 Å². The largest absolute Gasteiger partial charge is 0.696 e. The molecule has 0 aromatic carbocycles. The molecule has 4 heterocycles. The van der Waals surface area contributed by atoms with Crippen LogP contribution < -0.4 is 0 Å². The average molecular weight is 556 g/mol. The number of halogens is 1. The molecule has 3 fully saturated rings. The van der Waals surface area contributed by atoms with Crippen molar-refractivity contribution in [2.75, 3.05) is 26.2 Å². The number of hydrogen-bond donors (Lipinski definition) is 0. The fourth-order valence-corrected chi connectivity index (χ4v) is 4.73. The number of alkyl halides is 1. The minimum atomic E-state index is -0.775. The Balaban J connectivity index is 0.000000191. The van der Waals surface area contributed by atoms with Gasteiger partial charge in [-0.25, -0.2) is 4.39 Å². The van der Waals surface area contributed by atoms with Crippen molar-refractivity contribution in [1.29, 1.82) is 5.26 Å². The third kappa shape index (κ3) is 6.65. The Morgan fingerprint density at radius 3 is 2.51 bits per heavy atom. The van der Waals surface area contributed by atoms with E-state index in [0.717, 1.165) is 63.4 Å². The van der Waals surface area contributed by atoms with Crippen LogP contribution in [0.3, 0.4) is 0 Å². The summed E-state index contributed by atoms with van der Waals surface area (Å²) in [6.45, 7) is 10.4. The van der Waals surface area contributed by atoms with E-state index in [1.807, 2.05) is 0 Å². The van der Waals surface area contributed by atoms with E-state index < -0.39 is 6.17 Å². The standard InChI is InChI=1S/C14H19N4.C11H15FN3O.Y/c1-10(2)18-7-4-11(5-8-18)14-13(16)12(9-15)3-6-17-14;1-11(2-4-13-5-3-11)10-14-9(16-15-10)7-6-8(7)12;/h3,6,10-11,16H,4-5,7-8H2,1-2H3;7-8H,2-6H2,1H3;/q2*-1;. The third-order valence-corrected chi connectivity index (χ3v) is 7.40. The number of piperidine rings is 2. The summed E-state index contributed by atoms with van der Waals surface area (Å²) in [5.74, 6) is 1.40. The van der Waals surface area contributed by atoms with Gasteiger partial charge in [0, 0.05) is 67.5 Å². The van der Waals surface area contributed by atoms with Crippen molar-refractivity contribution in [2.45, 2.75) is 82.3 Å². The van der Waals surface area contributed by atoms with Gasteiger partial charge in [0.05, 0.1) is 12.0 Å². The van der Waals surface area contributed by atoms with E-state index in [2.05, 4.69) is 52.2 Å². The Morgan fingerprint density at radius 1 is 1.29 bits per heavy atom. The smallest absolute Gasteiger partial charge is 0.232 e. The zero-order valence-corrected chi connectivity index (χ0v) is 23.7. The molecule has 187 valence electrons. The Bertz CT molecular complexity index is 1010. The first-order valence-electron chi connectivity index (χ1n) is 12.3. The van der Waals surface area contributed by atoms with Gasteiger partial charge in [0.25, 0.3) is 0 Å². The van der Waals surface area contributed by atoms with E-state index in [0.29, 0.717) is 35.5 Å². The van der Waals surface area contributed by atoms with Crippen LogP contribution in [0.25, 0.3) is 11.1 Å². The normalized spacial score (nSPS) is 24.1. The zero-order chi connectivity index (χ0) is 24.3. The zero-order valence-electron chi connectivity index (χ0n) is 20.9. The van der Waals surface area contributed by atoms with E-state index >= 15 is 0 Å². The van der Waals surface area contributed by atoms with E-state index in [-0.39, 0.29) is 44.0 Å². The molecule has 3 aliphatic rings. The summed E-state index contributed by atoms with van der Waals surface area (Å²) >= 11 is 0. The van der Waals surface area contributed by atoms with Crippen molar-refractivity contribution in [2.24, 2.45) is 0 Å². The molecule has 2 unspecified atom stereocenters. The van der Waals surface area contributed by atoms with Crippen LogP contribution in [0.5, 0.6) is 0 Å². The van der Waals surface area contributed by atoms with Crippen LogP contribution in [0.4, 0.5) is 10.1 Å². The molecule has 1 saturated carbocycles. The predicted octanol–water partition coefficient (Wildman–Crippen LogP) is 5.54. The minimum absolute atomic E-state index is 0. The third-order valence-electron chi connectivity index (χ3n) is 7.40. The second-order valence-corrected chi connectivity index (χ2v) is 10.2. The molecular formula is C25H34FN7OY-2. The number of hydrogen-bond acceptors (Lipinski definition) is 6. The number of likely N-dealkylation sites (tertiary alicyclic amines) is 1. The molecular weight excluding hydrogens is 522 g/mol. The van der Waals surface area contributed by atoms with E-state index in [9.17, 15) is 4.39 Å². The fourth-order valence-electron chi connectivity index (χ4n) is 4.73. The van der Waals surface area contributed by atoms with Gasteiger partial charge in [0.1, 0.15) is 6.17 Å². The molecule has 2 aromatic rings. The molecule has 1 radical (unpaired) electrons. The van der Waals surface area contributed by atoms with Gasteiger partial charge in [-0.05, 0) is 52.3 Å². The van der Waals surface area contributed by atoms with Crippen molar-refractivity contribution in [1.82, 2.24) is 20.0 Å². The summed E-state index contributed by atoms with van der Waals surface area (Å²) in [5, 5.41) is 17.3. The van der Waals surface area contributed by atoms with Gasteiger partial charge in [0.2, 0.25) is 5.89 Å². The molecule has 5 rings (SSSR count). The number of aromatic nitrogens is 3. The van der Waals surface area contributed by atoms with Crippen LogP contribution in [0.2, 0.25) is 0 Å². The molecule has 1 N–H and O–H groups in total. The maximum absolute atomic E-state index is 12.9. The Morgan fingerprint density at radius 2 is 1.94 bits per heavy atom. The first-order chi connectivity index (χ1) is 16.3. The molecule has 10 heteroatoms. The number of nitrogens with one attached hydrogen (secondary N) is 1. The topological polar surface area (TPSA) is 117 Å². The van der Waals surface area contributed by atoms with Crippen LogP contribution in [0.15, 0.2) is 16.8 Å². The van der Waals surface area contributed by atoms with Crippen LogP contribution in [-0.4, -0.2) is 58.4 Å². The first kappa shape index (κ1) is 28.1. The summed E-state index contributed by atoms with van der Waals surface area (Å²) < 4.78 is 18.0. The summed E-state index contributed by atoms with van der Waals surface area (Å²) in [6, 6.07) is 4.27. The summed E-state index contributed by atoms with van der Waals surface area (Å²) in [7, 11) is 0. The van der Waals surface area contributed by atoms with Crippen molar-refractivity contribution >= 4 is 5.69 Å². The molecule has 2 aromatic heterocycles. The van der Waals surface area contributed by atoms with E-state index in [1.165, 1.54) is 0 Å². The molecule has 0 amide bonds. The number of nitriles is 1. The van der Waals surface area contributed by atoms with Crippen molar-refractivity contribution < 1.29 is 41.6 Å². The number of rotatable bonds is 4. The van der Waals surface area contributed by atoms with Gasteiger partial charge in [-0.2, -0.15) is 10.2 Å². The molecule has 2 aliphatic heterocycles. The van der Waals surface area contributed by atoms with Crippen molar-refractivity contribution in [3.8, 4) is 6.07 Å². The SMILES string of the molecule is CC(C)N1CCC(c2nccc(C#N)c2[NH-])CC1.CC1(c2noc(C3CC3F)n2)CC[N-]CC1.[Y]. The molecule has 2 atom stereocenters.